The van der Waals surface area contributed by atoms with E-state index in [4.69, 9.17) is 0 Å². The Bertz CT molecular complexity index is 654. The Hall–Kier alpha value is -1.82. The van der Waals surface area contributed by atoms with Gasteiger partial charge in [-0.25, -0.2) is 4.79 Å². The average molecular weight is 361 g/mol. The maximum Gasteiger partial charge on any atom is 0.337 e. The molecule has 1 N–H and O–H groups in total. The largest absolute Gasteiger partial charge is 0.478 e. The zero-order valence-electron chi connectivity index (χ0n) is 16.0. The normalized spacial score (nSPS) is 19.7. The Morgan fingerprint density at radius 2 is 1.77 bits per heavy atom. The third-order valence-corrected chi connectivity index (χ3v) is 5.98. The average Bonchev–Trinajstić information content (AvgIpc) is 2.98. The van der Waals surface area contributed by atoms with E-state index in [2.05, 4.69) is 4.90 Å². The topological polar surface area (TPSA) is 65.8 Å². The smallest absolute Gasteiger partial charge is 0.337 e. The third kappa shape index (κ3) is 3.95. The van der Waals surface area contributed by atoms with Crippen molar-refractivity contribution in [3.8, 4) is 0 Å². The summed E-state index contributed by atoms with van der Waals surface area (Å²) in [6.45, 7) is 8.42. The lowest BCUT2D eigenvalue weighted by atomic mass is 9.99. The molecular formula is C20H31N3O3. The highest BCUT2D eigenvalue weighted by Gasteiger charge is 2.29. The standard InChI is InChI=1S/C20H31N3O3/c1-3-21-14-15(2)19(20(25)26)17(21)13-18(24)23-11-7-16(8-12-23)22-9-5-4-6-10-22/h14,16H,3-13H2,1-2H3,(H,25,26). The highest BCUT2D eigenvalue weighted by molar-refractivity contribution is 5.93. The van der Waals surface area contributed by atoms with Gasteiger partial charge in [-0.05, 0) is 58.2 Å². The summed E-state index contributed by atoms with van der Waals surface area (Å²) in [5.74, 6) is -0.890. The lowest BCUT2D eigenvalue weighted by Crippen LogP contribution is -2.48. The Morgan fingerprint density at radius 3 is 2.35 bits per heavy atom. The predicted octanol–water partition coefficient (Wildman–Crippen LogP) is 2.53. The van der Waals surface area contributed by atoms with Crippen LogP contribution in [0.5, 0.6) is 0 Å². The second-order valence-corrected chi connectivity index (χ2v) is 7.61. The van der Waals surface area contributed by atoms with E-state index in [-0.39, 0.29) is 12.3 Å². The number of likely N-dealkylation sites (tertiary alicyclic amines) is 2. The molecule has 6 heteroatoms. The van der Waals surface area contributed by atoms with Crippen molar-refractivity contribution in [1.82, 2.24) is 14.4 Å². The molecule has 3 heterocycles. The van der Waals surface area contributed by atoms with Gasteiger partial charge in [0.05, 0.1) is 12.0 Å². The number of aryl methyl sites for hydroxylation is 2. The molecule has 2 fully saturated rings. The van der Waals surface area contributed by atoms with E-state index in [1.165, 1.54) is 32.4 Å². The quantitative estimate of drug-likeness (QED) is 0.875. The molecule has 2 saturated heterocycles. The van der Waals surface area contributed by atoms with Gasteiger partial charge in [-0.15, -0.1) is 0 Å². The summed E-state index contributed by atoms with van der Waals surface area (Å²) in [7, 11) is 0. The molecule has 1 aromatic heterocycles. The summed E-state index contributed by atoms with van der Waals surface area (Å²) in [5, 5.41) is 9.51. The summed E-state index contributed by atoms with van der Waals surface area (Å²) in [6, 6.07) is 0.607. The first-order valence-corrected chi connectivity index (χ1v) is 9.95. The van der Waals surface area contributed by atoms with Crippen LogP contribution in [0, 0.1) is 6.92 Å². The van der Waals surface area contributed by atoms with Gasteiger partial charge < -0.3 is 19.5 Å². The molecule has 0 aromatic carbocycles. The molecule has 1 amide bonds. The summed E-state index contributed by atoms with van der Waals surface area (Å²) in [6.07, 6.45) is 8.02. The first-order chi connectivity index (χ1) is 12.5. The van der Waals surface area contributed by atoms with E-state index < -0.39 is 5.97 Å². The second-order valence-electron chi connectivity index (χ2n) is 7.61. The minimum atomic E-state index is -0.943. The van der Waals surface area contributed by atoms with Gasteiger partial charge in [0.1, 0.15) is 0 Å². The molecule has 0 bridgehead atoms. The number of carboxylic acids is 1. The fourth-order valence-corrected chi connectivity index (χ4v) is 4.53. The van der Waals surface area contributed by atoms with Crippen LogP contribution in [-0.4, -0.2) is 63.6 Å². The highest BCUT2D eigenvalue weighted by Crippen LogP contribution is 2.23. The number of hydrogen-bond donors (Lipinski definition) is 1. The number of aromatic carboxylic acids is 1. The summed E-state index contributed by atoms with van der Waals surface area (Å²) in [4.78, 5) is 28.9. The molecule has 144 valence electrons. The van der Waals surface area contributed by atoms with E-state index >= 15 is 0 Å². The van der Waals surface area contributed by atoms with Crippen molar-refractivity contribution < 1.29 is 14.7 Å². The molecule has 0 aliphatic carbocycles. The van der Waals surface area contributed by atoms with Crippen LogP contribution >= 0.6 is 0 Å². The molecule has 2 aliphatic rings. The fraction of sp³-hybridized carbons (Fsp3) is 0.700. The Balaban J connectivity index is 1.62. The van der Waals surface area contributed by atoms with E-state index in [0.717, 1.165) is 31.5 Å². The van der Waals surface area contributed by atoms with Crippen LogP contribution < -0.4 is 0 Å². The zero-order valence-corrected chi connectivity index (χ0v) is 16.0. The van der Waals surface area contributed by atoms with Gasteiger partial charge in [0.25, 0.3) is 0 Å². The van der Waals surface area contributed by atoms with E-state index in [0.29, 0.717) is 23.8 Å². The van der Waals surface area contributed by atoms with Crippen LogP contribution in [0.3, 0.4) is 0 Å². The van der Waals surface area contributed by atoms with Crippen LogP contribution in [0.4, 0.5) is 0 Å². The first-order valence-electron chi connectivity index (χ1n) is 9.95. The maximum absolute atomic E-state index is 12.8. The number of nitrogens with zero attached hydrogens (tertiary/aromatic N) is 3. The molecule has 26 heavy (non-hydrogen) atoms. The minimum absolute atomic E-state index is 0.0531. The third-order valence-electron chi connectivity index (χ3n) is 5.98. The molecule has 6 nitrogen and oxygen atoms in total. The van der Waals surface area contributed by atoms with Crippen molar-refractivity contribution >= 4 is 11.9 Å². The van der Waals surface area contributed by atoms with Crippen LogP contribution in [0.25, 0.3) is 0 Å². The Labute approximate surface area is 155 Å². The molecule has 0 unspecified atom stereocenters. The summed E-state index contributed by atoms with van der Waals surface area (Å²) >= 11 is 0. The van der Waals surface area contributed by atoms with Gasteiger partial charge in [-0.3, -0.25) is 4.79 Å². The van der Waals surface area contributed by atoms with Crippen LogP contribution in [0.15, 0.2) is 6.20 Å². The van der Waals surface area contributed by atoms with Crippen molar-refractivity contribution in [2.24, 2.45) is 0 Å². The number of aromatic nitrogens is 1. The Kier molecular flexibility index (Phi) is 6.01. The van der Waals surface area contributed by atoms with E-state index in [1.54, 1.807) is 6.92 Å². The van der Waals surface area contributed by atoms with E-state index in [9.17, 15) is 14.7 Å². The maximum atomic E-state index is 12.8. The van der Waals surface area contributed by atoms with Crippen molar-refractivity contribution in [2.75, 3.05) is 26.2 Å². The van der Waals surface area contributed by atoms with Gasteiger partial charge in [0, 0.05) is 37.6 Å². The van der Waals surface area contributed by atoms with Gasteiger partial charge in [0.2, 0.25) is 5.91 Å². The van der Waals surface area contributed by atoms with Gasteiger partial charge in [0.15, 0.2) is 0 Å². The van der Waals surface area contributed by atoms with Gasteiger partial charge >= 0.3 is 5.97 Å². The van der Waals surface area contributed by atoms with Crippen LogP contribution in [0.1, 0.15) is 60.6 Å². The zero-order chi connectivity index (χ0) is 18.7. The van der Waals surface area contributed by atoms with Crippen LogP contribution in [0.2, 0.25) is 0 Å². The van der Waals surface area contributed by atoms with Gasteiger partial charge in [-0.2, -0.15) is 0 Å². The number of piperidine rings is 2. The van der Waals surface area contributed by atoms with Crippen molar-refractivity contribution in [2.45, 2.75) is 65.0 Å². The highest BCUT2D eigenvalue weighted by atomic mass is 16.4. The number of rotatable bonds is 5. The number of carboxylic acid groups (broad SMARTS) is 1. The lowest BCUT2D eigenvalue weighted by Gasteiger charge is -2.40. The Morgan fingerprint density at radius 1 is 1.12 bits per heavy atom. The van der Waals surface area contributed by atoms with Crippen molar-refractivity contribution in [1.29, 1.82) is 0 Å². The molecule has 0 radical (unpaired) electrons. The number of carbonyl (C=O) groups excluding carboxylic acids is 1. The van der Waals surface area contributed by atoms with Crippen LogP contribution in [-0.2, 0) is 17.8 Å². The predicted molar refractivity (Wildman–Crippen MR) is 101 cm³/mol. The van der Waals surface area contributed by atoms with Crippen molar-refractivity contribution in [3.05, 3.63) is 23.0 Å². The first kappa shape index (κ1) is 19.0. The lowest BCUT2D eigenvalue weighted by molar-refractivity contribution is -0.132. The monoisotopic (exact) mass is 361 g/mol. The molecule has 3 rings (SSSR count). The van der Waals surface area contributed by atoms with Crippen molar-refractivity contribution in [3.63, 3.8) is 0 Å². The number of carbonyl (C=O) groups is 2. The molecule has 0 spiro atoms. The van der Waals surface area contributed by atoms with Gasteiger partial charge in [-0.1, -0.05) is 6.42 Å². The molecule has 2 aliphatic heterocycles. The minimum Gasteiger partial charge on any atom is -0.478 e. The second kappa shape index (κ2) is 8.25. The summed E-state index contributed by atoms with van der Waals surface area (Å²) < 4.78 is 1.90. The fourth-order valence-electron chi connectivity index (χ4n) is 4.53. The molecule has 0 atom stereocenters. The number of amides is 1. The van der Waals surface area contributed by atoms with E-state index in [1.807, 2.05) is 22.6 Å². The molecular weight excluding hydrogens is 330 g/mol. The SMILES string of the molecule is CCn1cc(C)c(C(=O)O)c1CC(=O)N1CCC(N2CCCCC2)CC1. The molecule has 0 saturated carbocycles. The molecule has 1 aromatic rings. The summed E-state index contributed by atoms with van der Waals surface area (Å²) in [5.41, 5.74) is 1.66. The number of hydrogen-bond acceptors (Lipinski definition) is 3.